The molecule has 1 amide bonds. The molecule has 3 nitrogen and oxygen atoms in total. The molecular weight excluding hydrogens is 248 g/mol. The molecule has 1 aromatic rings. The van der Waals surface area contributed by atoms with Gasteiger partial charge in [0.15, 0.2) is 0 Å². The van der Waals surface area contributed by atoms with Crippen LogP contribution in [0.3, 0.4) is 0 Å². The number of nitrogens with zero attached hydrogens (tertiary/aromatic N) is 1. The van der Waals surface area contributed by atoms with E-state index in [2.05, 4.69) is 48.3 Å². The lowest BCUT2D eigenvalue weighted by atomic mass is 10.1. The van der Waals surface area contributed by atoms with Crippen LogP contribution in [0.5, 0.6) is 0 Å². The van der Waals surface area contributed by atoms with Crippen molar-refractivity contribution in [2.24, 2.45) is 0 Å². The highest BCUT2D eigenvalue weighted by Gasteiger charge is 2.23. The summed E-state index contributed by atoms with van der Waals surface area (Å²) in [7, 11) is 0. The molecule has 0 saturated carbocycles. The fourth-order valence-corrected chi connectivity index (χ4v) is 2.48. The number of rotatable bonds is 6. The predicted octanol–water partition coefficient (Wildman–Crippen LogP) is 2.69. The minimum atomic E-state index is 0.193. The summed E-state index contributed by atoms with van der Waals surface area (Å²) in [5.41, 5.74) is 1.23. The Morgan fingerprint density at radius 1 is 1.35 bits per heavy atom. The first kappa shape index (κ1) is 14.8. The second-order valence-corrected chi connectivity index (χ2v) is 5.66. The molecular formula is C17H24N2O. The third-order valence-electron chi connectivity index (χ3n) is 3.72. The van der Waals surface area contributed by atoms with Gasteiger partial charge in [-0.15, -0.1) is 0 Å². The number of amides is 1. The van der Waals surface area contributed by atoms with E-state index in [0.29, 0.717) is 18.5 Å². The second-order valence-electron chi connectivity index (χ2n) is 5.66. The van der Waals surface area contributed by atoms with Crippen molar-refractivity contribution in [2.75, 3.05) is 13.1 Å². The van der Waals surface area contributed by atoms with Gasteiger partial charge in [0, 0.05) is 31.6 Å². The Kier molecular flexibility index (Phi) is 5.36. The van der Waals surface area contributed by atoms with Crippen molar-refractivity contribution in [2.45, 2.75) is 38.8 Å². The molecule has 1 fully saturated rings. The van der Waals surface area contributed by atoms with E-state index in [9.17, 15) is 4.79 Å². The molecule has 3 heteroatoms. The second kappa shape index (κ2) is 7.25. The van der Waals surface area contributed by atoms with Crippen LogP contribution in [-0.4, -0.2) is 36.0 Å². The minimum Gasteiger partial charge on any atom is -0.352 e. The molecule has 1 aliphatic rings. The third kappa shape index (κ3) is 4.49. The molecule has 0 unspecified atom stereocenters. The van der Waals surface area contributed by atoms with Crippen molar-refractivity contribution in [3.8, 4) is 0 Å². The van der Waals surface area contributed by atoms with Crippen LogP contribution < -0.4 is 5.32 Å². The SMILES string of the molecule is CC(C)N(C/C=C/c1ccccc1)C[C@H]1CCC(=O)N1. The van der Waals surface area contributed by atoms with Crippen LogP contribution in [0.15, 0.2) is 36.4 Å². The van der Waals surface area contributed by atoms with Gasteiger partial charge in [0.2, 0.25) is 5.91 Å². The highest BCUT2D eigenvalue weighted by Crippen LogP contribution is 2.11. The maximum atomic E-state index is 11.3. The molecule has 108 valence electrons. The lowest BCUT2D eigenvalue weighted by Crippen LogP contribution is -2.42. The van der Waals surface area contributed by atoms with Crippen LogP contribution in [-0.2, 0) is 4.79 Å². The van der Waals surface area contributed by atoms with Gasteiger partial charge in [-0.2, -0.15) is 0 Å². The van der Waals surface area contributed by atoms with Crippen LogP contribution in [0.4, 0.5) is 0 Å². The van der Waals surface area contributed by atoms with E-state index in [1.54, 1.807) is 0 Å². The van der Waals surface area contributed by atoms with E-state index in [0.717, 1.165) is 19.5 Å². The fourth-order valence-electron chi connectivity index (χ4n) is 2.48. The fraction of sp³-hybridized carbons (Fsp3) is 0.471. The number of nitrogens with one attached hydrogen (secondary N) is 1. The number of benzene rings is 1. The molecule has 0 spiro atoms. The summed E-state index contributed by atoms with van der Waals surface area (Å²) in [4.78, 5) is 13.7. The highest BCUT2D eigenvalue weighted by molar-refractivity contribution is 5.78. The molecule has 1 aromatic carbocycles. The quantitative estimate of drug-likeness (QED) is 0.863. The van der Waals surface area contributed by atoms with Gasteiger partial charge >= 0.3 is 0 Å². The van der Waals surface area contributed by atoms with Crippen LogP contribution in [0.1, 0.15) is 32.3 Å². The van der Waals surface area contributed by atoms with Gasteiger partial charge in [0.25, 0.3) is 0 Å². The van der Waals surface area contributed by atoms with Gasteiger partial charge in [0.05, 0.1) is 0 Å². The minimum absolute atomic E-state index is 0.193. The van der Waals surface area contributed by atoms with Crippen LogP contribution in [0, 0.1) is 0 Å². The Balaban J connectivity index is 1.86. The Morgan fingerprint density at radius 2 is 2.10 bits per heavy atom. The highest BCUT2D eigenvalue weighted by atomic mass is 16.1. The van der Waals surface area contributed by atoms with E-state index in [1.165, 1.54) is 5.56 Å². The normalized spacial score (nSPS) is 19.2. The predicted molar refractivity (Wildman–Crippen MR) is 83.3 cm³/mol. The van der Waals surface area contributed by atoms with E-state index < -0.39 is 0 Å². The summed E-state index contributed by atoms with van der Waals surface area (Å²) >= 11 is 0. The Labute approximate surface area is 121 Å². The molecule has 0 radical (unpaired) electrons. The largest absolute Gasteiger partial charge is 0.352 e. The first-order chi connectivity index (χ1) is 9.65. The van der Waals surface area contributed by atoms with Crippen LogP contribution in [0.2, 0.25) is 0 Å². The van der Waals surface area contributed by atoms with Gasteiger partial charge in [-0.1, -0.05) is 42.5 Å². The lowest BCUT2D eigenvalue weighted by Gasteiger charge is -2.27. The number of hydrogen-bond donors (Lipinski definition) is 1. The monoisotopic (exact) mass is 272 g/mol. The van der Waals surface area contributed by atoms with Crippen molar-refractivity contribution < 1.29 is 4.79 Å². The van der Waals surface area contributed by atoms with E-state index in [-0.39, 0.29) is 5.91 Å². The first-order valence-corrected chi connectivity index (χ1v) is 7.40. The molecule has 0 bridgehead atoms. The van der Waals surface area contributed by atoms with Crippen molar-refractivity contribution in [3.05, 3.63) is 42.0 Å². The summed E-state index contributed by atoms with van der Waals surface area (Å²) in [6.45, 7) is 6.25. The van der Waals surface area contributed by atoms with Crippen molar-refractivity contribution in [3.63, 3.8) is 0 Å². The van der Waals surface area contributed by atoms with Crippen LogP contribution >= 0.6 is 0 Å². The van der Waals surface area contributed by atoms with Gasteiger partial charge < -0.3 is 5.32 Å². The Morgan fingerprint density at radius 3 is 2.70 bits per heavy atom. The zero-order chi connectivity index (χ0) is 14.4. The summed E-state index contributed by atoms with van der Waals surface area (Å²) in [6, 6.07) is 11.1. The first-order valence-electron chi connectivity index (χ1n) is 7.40. The van der Waals surface area contributed by atoms with E-state index in [4.69, 9.17) is 0 Å². The molecule has 0 aromatic heterocycles. The molecule has 1 saturated heterocycles. The summed E-state index contributed by atoms with van der Waals surface area (Å²) in [5.74, 6) is 0.193. The number of carbonyl (C=O) groups excluding carboxylic acids is 1. The molecule has 2 rings (SSSR count). The average molecular weight is 272 g/mol. The Hall–Kier alpha value is -1.61. The van der Waals surface area contributed by atoms with E-state index >= 15 is 0 Å². The molecule has 1 N–H and O–H groups in total. The van der Waals surface area contributed by atoms with Crippen molar-refractivity contribution in [1.82, 2.24) is 10.2 Å². The summed E-state index contributed by atoms with van der Waals surface area (Å²) in [5, 5.41) is 3.04. The van der Waals surface area contributed by atoms with Gasteiger partial charge in [0.1, 0.15) is 0 Å². The lowest BCUT2D eigenvalue weighted by molar-refractivity contribution is -0.119. The Bertz CT molecular complexity index is 453. The van der Waals surface area contributed by atoms with Crippen molar-refractivity contribution in [1.29, 1.82) is 0 Å². The summed E-state index contributed by atoms with van der Waals surface area (Å²) in [6.07, 6.45) is 6.00. The molecule has 1 atom stereocenters. The average Bonchev–Trinajstić information content (AvgIpc) is 2.84. The molecule has 0 aliphatic carbocycles. The van der Waals surface area contributed by atoms with Crippen LogP contribution in [0.25, 0.3) is 6.08 Å². The third-order valence-corrected chi connectivity index (χ3v) is 3.72. The van der Waals surface area contributed by atoms with E-state index in [1.807, 2.05) is 18.2 Å². The van der Waals surface area contributed by atoms with Gasteiger partial charge in [-0.05, 0) is 25.8 Å². The standard InChI is InChI=1S/C17H24N2O/c1-14(2)19(13-16-10-11-17(20)18-16)12-6-9-15-7-4-3-5-8-15/h3-9,14,16H,10-13H2,1-2H3,(H,18,20)/b9-6+/t16-/m1/s1. The number of hydrogen-bond acceptors (Lipinski definition) is 2. The van der Waals surface area contributed by atoms with Gasteiger partial charge in [-0.25, -0.2) is 0 Å². The zero-order valence-corrected chi connectivity index (χ0v) is 12.4. The molecule has 1 aliphatic heterocycles. The number of carbonyl (C=O) groups is 1. The maximum absolute atomic E-state index is 11.3. The topological polar surface area (TPSA) is 32.3 Å². The maximum Gasteiger partial charge on any atom is 0.220 e. The molecule has 20 heavy (non-hydrogen) atoms. The summed E-state index contributed by atoms with van der Waals surface area (Å²) < 4.78 is 0. The molecule has 1 heterocycles. The zero-order valence-electron chi connectivity index (χ0n) is 12.4. The van der Waals surface area contributed by atoms with Crippen molar-refractivity contribution >= 4 is 12.0 Å². The smallest absolute Gasteiger partial charge is 0.220 e. The van der Waals surface area contributed by atoms with Gasteiger partial charge in [-0.3, -0.25) is 9.69 Å².